The van der Waals surface area contributed by atoms with Crippen molar-refractivity contribution in [2.45, 2.75) is 17.9 Å². The number of benzene rings is 3. The van der Waals surface area contributed by atoms with E-state index in [-0.39, 0.29) is 17.0 Å². The maximum atomic E-state index is 13.1. The molecule has 0 aliphatic heterocycles. The van der Waals surface area contributed by atoms with Gasteiger partial charge >= 0.3 is 0 Å². The molecule has 0 saturated carbocycles. The lowest BCUT2D eigenvalue weighted by Gasteiger charge is -2.20. The van der Waals surface area contributed by atoms with Crippen LogP contribution in [-0.4, -0.2) is 27.5 Å². The zero-order valence-electron chi connectivity index (χ0n) is 17.6. The summed E-state index contributed by atoms with van der Waals surface area (Å²) in [5.74, 6) is 2.57. The fraction of sp³-hybridized carbons (Fsp3) is 0.160. The van der Waals surface area contributed by atoms with Gasteiger partial charge in [-0.15, -0.1) is 6.42 Å². The maximum Gasteiger partial charge on any atom is 0.252 e. The lowest BCUT2D eigenvalue weighted by molar-refractivity contribution is 0.0942. The Bertz CT molecular complexity index is 1200. The van der Waals surface area contributed by atoms with Gasteiger partial charge in [0.25, 0.3) is 5.91 Å². The first kappa shape index (κ1) is 23.1. The number of sulfonamides is 1. The number of carbonyl (C=O) groups excluding carboxylic acids is 1. The molecule has 2 N–H and O–H groups in total. The third-order valence-electron chi connectivity index (χ3n) is 4.70. The Labute approximate surface area is 188 Å². The van der Waals surface area contributed by atoms with Gasteiger partial charge in [0.15, 0.2) is 0 Å². The van der Waals surface area contributed by atoms with E-state index in [4.69, 9.17) is 11.2 Å². The molecule has 0 aliphatic rings. The molecule has 3 rings (SSSR count). The van der Waals surface area contributed by atoms with Crippen molar-refractivity contribution >= 4 is 15.9 Å². The summed E-state index contributed by atoms with van der Waals surface area (Å²) in [7, 11) is -3.81. The van der Waals surface area contributed by atoms with Crippen LogP contribution in [0.1, 0.15) is 34.5 Å². The third kappa shape index (κ3) is 5.76. The van der Waals surface area contributed by atoms with Gasteiger partial charge < -0.3 is 10.1 Å². The smallest absolute Gasteiger partial charge is 0.252 e. The van der Waals surface area contributed by atoms with Crippen LogP contribution in [-0.2, 0) is 10.0 Å². The molecule has 0 aromatic heterocycles. The average molecular weight is 449 g/mol. The van der Waals surface area contributed by atoms with E-state index in [2.05, 4.69) is 16.0 Å². The van der Waals surface area contributed by atoms with E-state index in [1.807, 2.05) is 61.5 Å². The second kappa shape index (κ2) is 10.6. The van der Waals surface area contributed by atoms with Crippen LogP contribution in [0.3, 0.4) is 0 Å². The van der Waals surface area contributed by atoms with Crippen molar-refractivity contribution in [3.8, 4) is 18.1 Å². The Morgan fingerprint density at radius 2 is 1.69 bits per heavy atom. The largest absolute Gasteiger partial charge is 0.494 e. The number of rotatable bonds is 9. The fourth-order valence-corrected chi connectivity index (χ4v) is 4.15. The fourth-order valence-electron chi connectivity index (χ4n) is 3.17. The minimum Gasteiger partial charge on any atom is -0.494 e. The number of amides is 1. The highest BCUT2D eigenvalue weighted by Gasteiger charge is 2.20. The van der Waals surface area contributed by atoms with E-state index in [1.165, 1.54) is 18.2 Å². The third-order valence-corrected chi connectivity index (χ3v) is 6.10. The molecule has 1 atom stereocenters. The van der Waals surface area contributed by atoms with Gasteiger partial charge in [0.1, 0.15) is 5.75 Å². The molecule has 3 aromatic carbocycles. The first-order valence-electron chi connectivity index (χ1n) is 10.1. The van der Waals surface area contributed by atoms with Crippen LogP contribution in [0.4, 0.5) is 0 Å². The van der Waals surface area contributed by atoms with Crippen molar-refractivity contribution in [2.24, 2.45) is 0 Å². The van der Waals surface area contributed by atoms with E-state index in [9.17, 15) is 13.2 Å². The van der Waals surface area contributed by atoms with Gasteiger partial charge in [-0.05, 0) is 48.4 Å². The van der Waals surface area contributed by atoms with Crippen LogP contribution in [0.5, 0.6) is 5.75 Å². The zero-order valence-corrected chi connectivity index (χ0v) is 18.4. The number of terminal acetylenes is 1. The Morgan fingerprint density at radius 3 is 2.34 bits per heavy atom. The number of nitrogens with one attached hydrogen (secondary N) is 2. The molecule has 7 heteroatoms. The highest BCUT2D eigenvalue weighted by molar-refractivity contribution is 7.89. The predicted molar refractivity (Wildman–Crippen MR) is 124 cm³/mol. The van der Waals surface area contributed by atoms with Gasteiger partial charge in [-0.25, -0.2) is 8.42 Å². The zero-order chi connectivity index (χ0) is 23.0. The average Bonchev–Trinajstić information content (AvgIpc) is 2.82. The first-order valence-corrected chi connectivity index (χ1v) is 11.5. The van der Waals surface area contributed by atoms with Crippen LogP contribution in [0.15, 0.2) is 83.8 Å². The molecule has 0 bridgehead atoms. The summed E-state index contributed by atoms with van der Waals surface area (Å²) >= 11 is 0. The Kier molecular flexibility index (Phi) is 7.66. The van der Waals surface area contributed by atoms with Crippen molar-refractivity contribution < 1.29 is 17.9 Å². The SMILES string of the molecule is C#CCNS(=O)(=O)c1cccc(C(=O)NC(c2ccccc2)c2ccc(OCC)cc2)c1. The summed E-state index contributed by atoms with van der Waals surface area (Å²) in [4.78, 5) is 13.1. The predicted octanol–water partition coefficient (Wildman–Crippen LogP) is 3.52. The van der Waals surface area contributed by atoms with Crippen LogP contribution in [0.2, 0.25) is 0 Å². The molecule has 32 heavy (non-hydrogen) atoms. The maximum absolute atomic E-state index is 13.1. The van der Waals surface area contributed by atoms with E-state index in [0.717, 1.165) is 16.9 Å². The summed E-state index contributed by atoms with van der Waals surface area (Å²) in [6.07, 6.45) is 5.13. The summed E-state index contributed by atoms with van der Waals surface area (Å²) in [5.41, 5.74) is 1.98. The summed E-state index contributed by atoms with van der Waals surface area (Å²) in [6, 6.07) is 22.4. The van der Waals surface area contributed by atoms with E-state index < -0.39 is 22.0 Å². The first-order chi connectivity index (χ1) is 15.4. The molecule has 6 nitrogen and oxygen atoms in total. The molecule has 0 saturated heterocycles. The van der Waals surface area contributed by atoms with Gasteiger partial charge in [-0.3, -0.25) is 4.79 Å². The van der Waals surface area contributed by atoms with Crippen LogP contribution < -0.4 is 14.8 Å². The van der Waals surface area contributed by atoms with Gasteiger partial charge in [0.2, 0.25) is 10.0 Å². The molecular formula is C25H24N2O4S. The minimum absolute atomic E-state index is 0.0299. The van der Waals surface area contributed by atoms with Gasteiger partial charge in [-0.2, -0.15) is 4.72 Å². The van der Waals surface area contributed by atoms with Crippen molar-refractivity contribution in [1.29, 1.82) is 0 Å². The summed E-state index contributed by atoms with van der Waals surface area (Å²) in [5, 5.41) is 3.01. The van der Waals surface area contributed by atoms with E-state index in [0.29, 0.717) is 6.61 Å². The standard InChI is InChI=1S/C25H24N2O4S/c1-3-17-26-32(29,30)23-12-8-11-21(18-23)25(28)27-24(19-9-6-5-7-10-19)20-13-15-22(16-14-20)31-4-2/h1,5-16,18,24,26H,4,17H2,2H3,(H,27,28). The topological polar surface area (TPSA) is 84.5 Å². The van der Waals surface area contributed by atoms with E-state index in [1.54, 1.807) is 6.07 Å². The molecule has 0 spiro atoms. The summed E-state index contributed by atoms with van der Waals surface area (Å²) in [6.45, 7) is 2.34. The molecule has 0 aliphatic carbocycles. The van der Waals surface area contributed by atoms with Crippen LogP contribution in [0.25, 0.3) is 0 Å². The van der Waals surface area contributed by atoms with Gasteiger partial charge in [0, 0.05) is 5.56 Å². The molecule has 0 radical (unpaired) electrons. The second-order valence-corrected chi connectivity index (χ2v) is 8.64. The number of hydrogen-bond donors (Lipinski definition) is 2. The molecule has 1 amide bonds. The van der Waals surface area contributed by atoms with Crippen LogP contribution >= 0.6 is 0 Å². The number of ether oxygens (including phenoxy) is 1. The summed E-state index contributed by atoms with van der Waals surface area (Å²) < 4.78 is 32.5. The van der Waals surface area contributed by atoms with Crippen molar-refractivity contribution in [3.63, 3.8) is 0 Å². The monoisotopic (exact) mass is 448 g/mol. The minimum atomic E-state index is -3.81. The highest BCUT2D eigenvalue weighted by Crippen LogP contribution is 2.25. The Hall–Kier alpha value is -3.60. The van der Waals surface area contributed by atoms with Crippen LogP contribution in [0, 0.1) is 12.3 Å². The van der Waals surface area contributed by atoms with Crippen molar-refractivity contribution in [3.05, 3.63) is 95.6 Å². The number of hydrogen-bond acceptors (Lipinski definition) is 4. The molecule has 0 heterocycles. The quantitative estimate of drug-likeness (QED) is 0.491. The van der Waals surface area contributed by atoms with Gasteiger partial charge in [0.05, 0.1) is 24.1 Å². The van der Waals surface area contributed by atoms with Crippen molar-refractivity contribution in [2.75, 3.05) is 13.2 Å². The normalized spacial score (nSPS) is 11.9. The lowest BCUT2D eigenvalue weighted by Crippen LogP contribution is -2.30. The van der Waals surface area contributed by atoms with E-state index >= 15 is 0 Å². The van der Waals surface area contributed by atoms with Crippen molar-refractivity contribution in [1.82, 2.24) is 10.0 Å². The Morgan fingerprint density at radius 1 is 1.00 bits per heavy atom. The lowest BCUT2D eigenvalue weighted by atomic mass is 9.98. The highest BCUT2D eigenvalue weighted by atomic mass is 32.2. The van der Waals surface area contributed by atoms with Gasteiger partial charge in [-0.1, -0.05) is 54.5 Å². The molecule has 1 unspecified atom stereocenters. The molecule has 0 fully saturated rings. The Balaban J connectivity index is 1.89. The number of carbonyl (C=O) groups is 1. The molecule has 164 valence electrons. The second-order valence-electron chi connectivity index (χ2n) is 6.88. The molecule has 3 aromatic rings. The molecular weight excluding hydrogens is 424 g/mol.